The molecule has 0 radical (unpaired) electrons. The van der Waals surface area contributed by atoms with Crippen LogP contribution in [0.15, 0.2) is 24.4 Å². The lowest BCUT2D eigenvalue weighted by atomic mass is 9.98. The summed E-state index contributed by atoms with van der Waals surface area (Å²) < 4.78 is 12.6. The second-order valence-corrected chi connectivity index (χ2v) is 4.94. The van der Waals surface area contributed by atoms with Crippen molar-refractivity contribution in [1.29, 1.82) is 0 Å². The third-order valence-electron chi connectivity index (χ3n) is 3.52. The fourth-order valence-electron chi connectivity index (χ4n) is 2.55. The molecule has 0 aliphatic heterocycles. The molecule has 0 saturated carbocycles. The van der Waals surface area contributed by atoms with Gasteiger partial charge < -0.3 is 14.8 Å². The molecule has 1 aromatic carbocycles. The Balaban J connectivity index is 2.50. The van der Waals surface area contributed by atoms with Gasteiger partial charge in [0.2, 0.25) is 0 Å². The molecule has 1 N–H and O–H groups in total. The Labute approximate surface area is 125 Å². The van der Waals surface area contributed by atoms with Crippen molar-refractivity contribution in [2.75, 3.05) is 20.8 Å². The maximum absolute atomic E-state index is 5.54. The number of benzene rings is 1. The summed E-state index contributed by atoms with van der Waals surface area (Å²) in [6, 6.07) is 5.95. The van der Waals surface area contributed by atoms with Crippen LogP contribution in [0.25, 0.3) is 0 Å². The largest absolute Gasteiger partial charge is 0.497 e. The van der Waals surface area contributed by atoms with Crippen LogP contribution in [-0.4, -0.2) is 30.5 Å². The van der Waals surface area contributed by atoms with Crippen LogP contribution in [-0.2, 0) is 7.05 Å². The minimum Gasteiger partial charge on any atom is -0.497 e. The van der Waals surface area contributed by atoms with E-state index in [2.05, 4.69) is 17.3 Å². The molecule has 2 aromatic rings. The molecule has 0 fully saturated rings. The zero-order valence-electron chi connectivity index (χ0n) is 13.3. The summed E-state index contributed by atoms with van der Waals surface area (Å²) in [7, 11) is 5.27. The first-order chi connectivity index (χ1) is 10.1. The summed E-state index contributed by atoms with van der Waals surface area (Å²) in [5.41, 5.74) is 3.25. The summed E-state index contributed by atoms with van der Waals surface area (Å²) in [4.78, 5) is 0. The second kappa shape index (κ2) is 6.63. The van der Waals surface area contributed by atoms with Crippen molar-refractivity contribution < 1.29 is 9.47 Å². The van der Waals surface area contributed by atoms with Crippen LogP contribution in [0.5, 0.6) is 11.5 Å². The molecular weight excluding hydrogens is 266 g/mol. The Kier molecular flexibility index (Phi) is 4.85. The lowest BCUT2D eigenvalue weighted by molar-refractivity contribution is 0.387. The molecule has 1 atom stereocenters. The molecule has 5 nitrogen and oxygen atoms in total. The maximum Gasteiger partial charge on any atom is 0.127 e. The molecule has 1 aromatic heterocycles. The third kappa shape index (κ3) is 3.19. The van der Waals surface area contributed by atoms with Crippen molar-refractivity contribution >= 4 is 0 Å². The van der Waals surface area contributed by atoms with Gasteiger partial charge >= 0.3 is 0 Å². The number of rotatable bonds is 6. The number of hydrogen-bond donors (Lipinski definition) is 1. The lowest BCUT2D eigenvalue weighted by Gasteiger charge is -2.21. The zero-order chi connectivity index (χ0) is 15.4. The number of ether oxygens (including phenoxy) is 2. The fourth-order valence-corrected chi connectivity index (χ4v) is 2.55. The smallest absolute Gasteiger partial charge is 0.127 e. The van der Waals surface area contributed by atoms with Crippen LogP contribution >= 0.6 is 0 Å². The molecule has 0 amide bonds. The van der Waals surface area contributed by atoms with Gasteiger partial charge in [0.05, 0.1) is 26.0 Å². The zero-order valence-corrected chi connectivity index (χ0v) is 13.3. The van der Waals surface area contributed by atoms with Gasteiger partial charge in [0.15, 0.2) is 0 Å². The van der Waals surface area contributed by atoms with Crippen molar-refractivity contribution in [2.45, 2.75) is 19.9 Å². The summed E-state index contributed by atoms with van der Waals surface area (Å²) >= 11 is 0. The Morgan fingerprint density at radius 3 is 2.52 bits per heavy atom. The van der Waals surface area contributed by atoms with Gasteiger partial charge in [-0.1, -0.05) is 6.92 Å². The van der Waals surface area contributed by atoms with Crippen LogP contribution in [0.1, 0.15) is 29.8 Å². The van der Waals surface area contributed by atoms with Gasteiger partial charge in [-0.05, 0) is 25.6 Å². The van der Waals surface area contributed by atoms with E-state index in [0.717, 1.165) is 34.9 Å². The average molecular weight is 289 g/mol. The fraction of sp³-hybridized carbons (Fsp3) is 0.438. The predicted octanol–water partition coefficient (Wildman–Crippen LogP) is 2.44. The highest BCUT2D eigenvalue weighted by Crippen LogP contribution is 2.33. The first-order valence-corrected chi connectivity index (χ1v) is 7.06. The van der Waals surface area contributed by atoms with Gasteiger partial charge in [-0.15, -0.1) is 0 Å². The number of methoxy groups -OCH3 is 2. The summed E-state index contributed by atoms with van der Waals surface area (Å²) in [6.07, 6.45) is 2.05. The number of nitrogens with zero attached hydrogens (tertiary/aromatic N) is 2. The van der Waals surface area contributed by atoms with E-state index < -0.39 is 0 Å². The quantitative estimate of drug-likeness (QED) is 0.887. The van der Waals surface area contributed by atoms with E-state index in [-0.39, 0.29) is 6.04 Å². The minimum absolute atomic E-state index is 0.0459. The highest BCUT2D eigenvalue weighted by molar-refractivity contribution is 5.46. The van der Waals surface area contributed by atoms with E-state index in [1.807, 2.05) is 43.0 Å². The van der Waals surface area contributed by atoms with Gasteiger partial charge in [-0.3, -0.25) is 4.68 Å². The summed E-state index contributed by atoms with van der Waals surface area (Å²) in [6.45, 7) is 4.97. The van der Waals surface area contributed by atoms with Crippen LogP contribution in [0.4, 0.5) is 0 Å². The van der Waals surface area contributed by atoms with E-state index in [1.165, 1.54) is 0 Å². The van der Waals surface area contributed by atoms with Gasteiger partial charge in [-0.25, -0.2) is 0 Å². The molecule has 5 heteroatoms. The molecule has 114 valence electrons. The molecule has 0 spiro atoms. The summed E-state index contributed by atoms with van der Waals surface area (Å²) in [5, 5.41) is 7.95. The predicted molar refractivity (Wildman–Crippen MR) is 83.0 cm³/mol. The monoisotopic (exact) mass is 289 g/mol. The SMILES string of the molecule is CCNC(c1ccc(OC)cc1OC)c1cn(C)nc1C. The van der Waals surface area contributed by atoms with Crippen LogP contribution in [0, 0.1) is 6.92 Å². The van der Waals surface area contributed by atoms with Crippen molar-refractivity contribution in [3.63, 3.8) is 0 Å². The van der Waals surface area contributed by atoms with Gasteiger partial charge in [0.25, 0.3) is 0 Å². The van der Waals surface area contributed by atoms with E-state index in [1.54, 1.807) is 14.2 Å². The first-order valence-electron chi connectivity index (χ1n) is 7.06. The molecule has 0 bridgehead atoms. The third-order valence-corrected chi connectivity index (χ3v) is 3.52. The molecular formula is C16H23N3O2. The van der Waals surface area contributed by atoms with Crippen molar-refractivity contribution in [2.24, 2.45) is 7.05 Å². The molecule has 0 aliphatic rings. The number of aromatic nitrogens is 2. The Hall–Kier alpha value is -2.01. The van der Waals surface area contributed by atoms with Crippen LogP contribution in [0.2, 0.25) is 0 Å². The van der Waals surface area contributed by atoms with E-state index in [0.29, 0.717) is 0 Å². The van der Waals surface area contributed by atoms with Crippen molar-refractivity contribution in [3.05, 3.63) is 41.2 Å². The second-order valence-electron chi connectivity index (χ2n) is 4.94. The first kappa shape index (κ1) is 15.4. The summed E-state index contributed by atoms with van der Waals surface area (Å²) in [5.74, 6) is 1.59. The van der Waals surface area contributed by atoms with E-state index >= 15 is 0 Å². The van der Waals surface area contributed by atoms with E-state index in [4.69, 9.17) is 9.47 Å². The van der Waals surface area contributed by atoms with Crippen molar-refractivity contribution in [1.82, 2.24) is 15.1 Å². The van der Waals surface area contributed by atoms with E-state index in [9.17, 15) is 0 Å². The standard InChI is InChI=1S/C16H23N3O2/c1-6-17-16(14-10-19(3)18-11(14)2)13-8-7-12(20-4)9-15(13)21-5/h7-10,16-17H,6H2,1-5H3. The van der Waals surface area contributed by atoms with Gasteiger partial charge in [0, 0.05) is 30.4 Å². The minimum atomic E-state index is 0.0459. The molecule has 1 unspecified atom stereocenters. The molecule has 2 rings (SSSR count). The highest BCUT2D eigenvalue weighted by Gasteiger charge is 2.21. The Morgan fingerprint density at radius 2 is 2.00 bits per heavy atom. The topological polar surface area (TPSA) is 48.3 Å². The molecule has 1 heterocycles. The maximum atomic E-state index is 5.54. The number of hydrogen-bond acceptors (Lipinski definition) is 4. The number of nitrogens with one attached hydrogen (secondary N) is 1. The number of aryl methyl sites for hydroxylation is 2. The average Bonchev–Trinajstić information content (AvgIpc) is 2.82. The highest BCUT2D eigenvalue weighted by atomic mass is 16.5. The Bertz CT molecular complexity index is 608. The van der Waals surface area contributed by atoms with Crippen molar-refractivity contribution in [3.8, 4) is 11.5 Å². The normalized spacial score (nSPS) is 12.2. The van der Waals surface area contributed by atoms with Crippen LogP contribution < -0.4 is 14.8 Å². The molecule has 21 heavy (non-hydrogen) atoms. The molecule has 0 saturated heterocycles. The lowest BCUT2D eigenvalue weighted by Crippen LogP contribution is -2.23. The van der Waals surface area contributed by atoms with Crippen LogP contribution in [0.3, 0.4) is 0 Å². The van der Waals surface area contributed by atoms with Gasteiger partial charge in [0.1, 0.15) is 11.5 Å². The Morgan fingerprint density at radius 1 is 1.24 bits per heavy atom. The van der Waals surface area contributed by atoms with Gasteiger partial charge in [-0.2, -0.15) is 5.10 Å². The molecule has 0 aliphatic carbocycles.